The molecule has 1 amide bonds. The summed E-state index contributed by atoms with van der Waals surface area (Å²) in [6.45, 7) is 1.66. The van der Waals surface area contributed by atoms with Crippen LogP contribution in [0.1, 0.15) is 6.92 Å². The van der Waals surface area contributed by atoms with Crippen LogP contribution < -0.4 is 11.1 Å². The van der Waals surface area contributed by atoms with Gasteiger partial charge in [0.2, 0.25) is 5.91 Å². The van der Waals surface area contributed by atoms with Crippen molar-refractivity contribution in [3.63, 3.8) is 0 Å². The Kier molecular flexibility index (Phi) is 5.00. The molecular formula is C7H14N2O3S2. The number of hydrogen-bond donors (Lipinski definition) is 2. The predicted molar refractivity (Wildman–Crippen MR) is 58.7 cm³/mol. The normalized spacial score (nSPS) is 13.3. The minimum Gasteiger partial charge on any atom is -0.393 e. The van der Waals surface area contributed by atoms with Gasteiger partial charge in [-0.3, -0.25) is 4.79 Å². The lowest BCUT2D eigenvalue weighted by Crippen LogP contribution is -2.38. The van der Waals surface area contributed by atoms with E-state index in [0.29, 0.717) is 0 Å². The van der Waals surface area contributed by atoms with Crippen LogP contribution >= 0.6 is 12.2 Å². The van der Waals surface area contributed by atoms with Crippen LogP contribution in [-0.2, 0) is 14.6 Å². The van der Waals surface area contributed by atoms with Crippen LogP contribution in [-0.4, -0.2) is 37.9 Å². The van der Waals surface area contributed by atoms with E-state index in [0.717, 1.165) is 6.26 Å². The highest BCUT2D eigenvalue weighted by atomic mass is 32.2. The number of rotatable bonds is 5. The molecule has 3 N–H and O–H groups in total. The van der Waals surface area contributed by atoms with Crippen LogP contribution in [0.15, 0.2) is 0 Å². The number of thiocarbonyl (C=S) groups is 1. The Balaban J connectivity index is 3.93. The smallest absolute Gasteiger partial charge is 0.229 e. The first-order valence-corrected chi connectivity index (χ1v) is 6.45. The molecule has 0 aromatic carbocycles. The molecule has 82 valence electrons. The molecule has 0 radical (unpaired) electrons. The summed E-state index contributed by atoms with van der Waals surface area (Å²) in [5.41, 5.74) is 5.25. The lowest BCUT2D eigenvalue weighted by Gasteiger charge is -2.09. The van der Waals surface area contributed by atoms with Gasteiger partial charge in [-0.05, 0) is 6.92 Å². The zero-order chi connectivity index (χ0) is 11.4. The van der Waals surface area contributed by atoms with Gasteiger partial charge in [0.05, 0.1) is 16.7 Å². The van der Waals surface area contributed by atoms with Crippen LogP contribution in [0.4, 0.5) is 0 Å². The maximum atomic E-state index is 11.2. The molecule has 0 saturated heterocycles. The maximum Gasteiger partial charge on any atom is 0.229 e. The number of carbonyl (C=O) groups excluding carboxylic acids is 1. The Bertz CT molecular complexity index is 324. The van der Waals surface area contributed by atoms with E-state index in [1.165, 1.54) is 0 Å². The van der Waals surface area contributed by atoms with Crippen LogP contribution in [0.3, 0.4) is 0 Å². The molecule has 1 unspecified atom stereocenters. The fourth-order valence-corrected chi connectivity index (χ4v) is 1.22. The molecule has 0 aromatic heterocycles. The van der Waals surface area contributed by atoms with Gasteiger partial charge < -0.3 is 11.1 Å². The Labute approximate surface area is 89.0 Å². The summed E-state index contributed by atoms with van der Waals surface area (Å²) in [6, 6.07) is 0. The summed E-state index contributed by atoms with van der Waals surface area (Å²) < 4.78 is 21.4. The molecule has 7 heteroatoms. The lowest BCUT2D eigenvalue weighted by atomic mass is 10.2. The average Bonchev–Trinajstić information content (AvgIpc) is 2.00. The van der Waals surface area contributed by atoms with Gasteiger partial charge in [0, 0.05) is 12.8 Å². The second-order valence-corrected chi connectivity index (χ2v) is 5.78. The average molecular weight is 238 g/mol. The Morgan fingerprint density at radius 2 is 2.07 bits per heavy atom. The SMILES string of the molecule is CC(C(=O)NCCS(C)(=O)=O)C(N)=S. The van der Waals surface area contributed by atoms with Gasteiger partial charge in [-0.2, -0.15) is 0 Å². The van der Waals surface area contributed by atoms with E-state index in [1.807, 2.05) is 0 Å². The number of hydrogen-bond acceptors (Lipinski definition) is 4. The van der Waals surface area contributed by atoms with Crippen LogP contribution in [0, 0.1) is 5.92 Å². The predicted octanol–water partition coefficient (Wildman–Crippen LogP) is -0.931. The first kappa shape index (κ1) is 13.3. The zero-order valence-corrected chi connectivity index (χ0v) is 9.74. The number of sulfone groups is 1. The Morgan fingerprint density at radius 1 is 1.57 bits per heavy atom. The molecule has 0 spiro atoms. The van der Waals surface area contributed by atoms with E-state index in [1.54, 1.807) is 6.92 Å². The van der Waals surface area contributed by atoms with Crippen molar-refractivity contribution in [3.8, 4) is 0 Å². The van der Waals surface area contributed by atoms with E-state index >= 15 is 0 Å². The van der Waals surface area contributed by atoms with E-state index in [4.69, 9.17) is 5.73 Å². The first-order chi connectivity index (χ1) is 6.24. The van der Waals surface area contributed by atoms with Crippen molar-refractivity contribution in [2.75, 3.05) is 18.6 Å². The van der Waals surface area contributed by atoms with Crippen LogP contribution in [0.25, 0.3) is 0 Å². The van der Waals surface area contributed by atoms with Gasteiger partial charge in [0.15, 0.2) is 0 Å². The number of carbonyl (C=O) groups is 1. The third kappa shape index (κ3) is 5.87. The topological polar surface area (TPSA) is 89.3 Å². The van der Waals surface area contributed by atoms with E-state index < -0.39 is 15.8 Å². The highest BCUT2D eigenvalue weighted by molar-refractivity contribution is 7.90. The van der Waals surface area contributed by atoms with Gasteiger partial charge in [0.25, 0.3) is 0 Å². The fourth-order valence-electron chi connectivity index (χ4n) is 0.642. The molecular weight excluding hydrogens is 224 g/mol. The van der Waals surface area contributed by atoms with Crippen molar-refractivity contribution in [3.05, 3.63) is 0 Å². The van der Waals surface area contributed by atoms with Crippen molar-refractivity contribution in [1.82, 2.24) is 5.32 Å². The minimum atomic E-state index is -3.04. The summed E-state index contributed by atoms with van der Waals surface area (Å²) in [6.07, 6.45) is 1.11. The molecule has 0 saturated carbocycles. The van der Waals surface area contributed by atoms with E-state index in [9.17, 15) is 13.2 Å². The molecule has 0 aliphatic heterocycles. The number of nitrogens with one attached hydrogen (secondary N) is 1. The molecule has 0 bridgehead atoms. The molecule has 5 nitrogen and oxygen atoms in total. The molecule has 0 fully saturated rings. The van der Waals surface area contributed by atoms with Gasteiger partial charge in [-0.15, -0.1) is 0 Å². The maximum absolute atomic E-state index is 11.2. The largest absolute Gasteiger partial charge is 0.393 e. The summed E-state index contributed by atoms with van der Waals surface area (Å²) in [4.78, 5) is 11.3. The standard InChI is InChI=1S/C7H14N2O3S2/c1-5(6(8)13)7(10)9-3-4-14(2,11)12/h5H,3-4H2,1-2H3,(H2,8,13)(H,9,10). The van der Waals surface area contributed by atoms with E-state index in [2.05, 4.69) is 17.5 Å². The van der Waals surface area contributed by atoms with Crippen molar-refractivity contribution in [2.45, 2.75) is 6.92 Å². The van der Waals surface area contributed by atoms with Crippen molar-refractivity contribution >= 4 is 33.0 Å². The second kappa shape index (κ2) is 5.26. The Hall–Kier alpha value is -0.690. The highest BCUT2D eigenvalue weighted by Crippen LogP contribution is 1.94. The van der Waals surface area contributed by atoms with Gasteiger partial charge in [-0.1, -0.05) is 12.2 Å². The molecule has 0 heterocycles. The first-order valence-electron chi connectivity index (χ1n) is 3.99. The van der Waals surface area contributed by atoms with Crippen molar-refractivity contribution in [2.24, 2.45) is 11.7 Å². The monoisotopic (exact) mass is 238 g/mol. The molecule has 0 aliphatic carbocycles. The number of nitrogens with two attached hydrogens (primary N) is 1. The van der Waals surface area contributed by atoms with Crippen LogP contribution in [0.5, 0.6) is 0 Å². The summed E-state index contributed by atoms with van der Waals surface area (Å²) in [5.74, 6) is -0.992. The third-order valence-electron chi connectivity index (χ3n) is 1.59. The highest BCUT2D eigenvalue weighted by Gasteiger charge is 2.15. The molecule has 0 aliphatic rings. The molecule has 0 aromatic rings. The summed E-state index contributed by atoms with van der Waals surface area (Å²) >= 11 is 4.62. The number of amides is 1. The summed E-state index contributed by atoms with van der Waals surface area (Å²) in [7, 11) is -3.04. The zero-order valence-electron chi connectivity index (χ0n) is 8.11. The lowest BCUT2D eigenvalue weighted by molar-refractivity contribution is -0.122. The van der Waals surface area contributed by atoms with Gasteiger partial charge >= 0.3 is 0 Å². The van der Waals surface area contributed by atoms with Crippen LogP contribution in [0.2, 0.25) is 0 Å². The molecule has 1 atom stereocenters. The molecule has 0 rings (SSSR count). The second-order valence-electron chi connectivity index (χ2n) is 3.04. The van der Waals surface area contributed by atoms with Gasteiger partial charge in [0.1, 0.15) is 9.84 Å². The van der Waals surface area contributed by atoms with Gasteiger partial charge in [-0.25, -0.2) is 8.42 Å². The molecule has 14 heavy (non-hydrogen) atoms. The third-order valence-corrected chi connectivity index (χ3v) is 2.89. The van der Waals surface area contributed by atoms with Crippen molar-refractivity contribution in [1.29, 1.82) is 0 Å². The summed E-state index contributed by atoms with van der Waals surface area (Å²) in [5, 5.41) is 2.43. The minimum absolute atomic E-state index is 0.0806. The van der Waals surface area contributed by atoms with Crippen molar-refractivity contribution < 1.29 is 13.2 Å². The van der Waals surface area contributed by atoms with E-state index in [-0.39, 0.29) is 23.2 Å². The Morgan fingerprint density at radius 3 is 2.43 bits per heavy atom. The fraction of sp³-hybridized carbons (Fsp3) is 0.714. The quantitative estimate of drug-likeness (QED) is 0.604.